The molecule has 5 nitrogen and oxygen atoms in total. The van der Waals surface area contributed by atoms with Crippen LogP contribution in [0.25, 0.3) is 0 Å². The van der Waals surface area contributed by atoms with Crippen molar-refractivity contribution < 1.29 is 9.90 Å². The molecule has 0 bridgehead atoms. The summed E-state index contributed by atoms with van der Waals surface area (Å²) in [5, 5.41) is 12.2. The second kappa shape index (κ2) is 6.61. The van der Waals surface area contributed by atoms with Crippen LogP contribution in [0.5, 0.6) is 0 Å². The highest BCUT2D eigenvalue weighted by atomic mass is 16.4. The minimum absolute atomic E-state index is 0.255. The van der Waals surface area contributed by atoms with E-state index in [4.69, 9.17) is 10.8 Å². The Morgan fingerprint density at radius 2 is 2.15 bits per heavy atom. The van der Waals surface area contributed by atoms with E-state index in [1.807, 2.05) is 0 Å². The summed E-state index contributed by atoms with van der Waals surface area (Å²) in [7, 11) is 2.15. The first kappa shape index (κ1) is 14.7. The fourth-order valence-electron chi connectivity index (χ4n) is 2.74. The van der Waals surface area contributed by atoms with Crippen LogP contribution in [0.4, 0.5) is 11.4 Å². The Bertz CT molecular complexity index is 470. The van der Waals surface area contributed by atoms with Gasteiger partial charge in [0.1, 0.15) is 0 Å². The number of nitrogens with two attached hydrogens (primary N) is 1. The largest absolute Gasteiger partial charge is 0.478 e. The van der Waals surface area contributed by atoms with Crippen LogP contribution in [0.15, 0.2) is 18.2 Å². The number of aromatic carboxylic acids is 1. The Morgan fingerprint density at radius 1 is 1.45 bits per heavy atom. The molecular formula is C15H23N3O2. The maximum absolute atomic E-state index is 10.9. The number of carboxylic acids is 1. The molecule has 0 amide bonds. The molecule has 0 spiro atoms. The standard InChI is InChI=1S/C15H23N3O2/c1-18(12-4-2-3-5-12)9-8-17-14-10-11(15(19)20)6-7-13(14)16/h6-7,10,12,17H,2-5,8-9,16H2,1H3,(H,19,20). The minimum Gasteiger partial charge on any atom is -0.478 e. The number of likely N-dealkylation sites (N-methyl/N-ethyl adjacent to an activating group) is 1. The molecule has 1 aliphatic carbocycles. The smallest absolute Gasteiger partial charge is 0.335 e. The van der Waals surface area contributed by atoms with Gasteiger partial charge in [0, 0.05) is 19.1 Å². The van der Waals surface area contributed by atoms with Gasteiger partial charge in [-0.05, 0) is 38.1 Å². The van der Waals surface area contributed by atoms with Gasteiger partial charge in [-0.2, -0.15) is 0 Å². The van der Waals surface area contributed by atoms with Crippen molar-refractivity contribution in [2.24, 2.45) is 0 Å². The van der Waals surface area contributed by atoms with Gasteiger partial charge in [0.25, 0.3) is 0 Å². The molecule has 1 aliphatic rings. The Kier molecular flexibility index (Phi) is 4.84. The lowest BCUT2D eigenvalue weighted by atomic mass is 10.1. The normalized spacial score (nSPS) is 15.7. The average molecular weight is 277 g/mol. The number of carboxylic acid groups (broad SMARTS) is 1. The van der Waals surface area contributed by atoms with Gasteiger partial charge in [0.05, 0.1) is 16.9 Å². The minimum atomic E-state index is -0.934. The zero-order valence-electron chi connectivity index (χ0n) is 11.9. The van der Waals surface area contributed by atoms with E-state index in [-0.39, 0.29) is 5.56 Å². The Morgan fingerprint density at radius 3 is 2.80 bits per heavy atom. The van der Waals surface area contributed by atoms with Gasteiger partial charge in [-0.3, -0.25) is 0 Å². The van der Waals surface area contributed by atoms with Crippen molar-refractivity contribution in [3.8, 4) is 0 Å². The van der Waals surface area contributed by atoms with Crippen LogP contribution in [0.3, 0.4) is 0 Å². The number of hydrogen-bond donors (Lipinski definition) is 3. The highest BCUT2D eigenvalue weighted by Gasteiger charge is 2.18. The zero-order valence-corrected chi connectivity index (χ0v) is 11.9. The molecule has 1 aromatic rings. The molecule has 0 unspecified atom stereocenters. The molecule has 0 radical (unpaired) electrons. The topological polar surface area (TPSA) is 78.6 Å². The summed E-state index contributed by atoms with van der Waals surface area (Å²) in [6, 6.07) is 5.44. The van der Waals surface area contributed by atoms with E-state index in [0.717, 1.165) is 13.1 Å². The van der Waals surface area contributed by atoms with Crippen LogP contribution in [-0.4, -0.2) is 42.2 Å². The molecule has 4 N–H and O–H groups in total. The third-order valence-electron chi connectivity index (χ3n) is 4.03. The van der Waals surface area contributed by atoms with Gasteiger partial charge in [-0.15, -0.1) is 0 Å². The van der Waals surface area contributed by atoms with Crippen molar-refractivity contribution in [1.29, 1.82) is 0 Å². The zero-order chi connectivity index (χ0) is 14.5. The van der Waals surface area contributed by atoms with Gasteiger partial charge < -0.3 is 21.1 Å². The second-order valence-electron chi connectivity index (χ2n) is 5.45. The van der Waals surface area contributed by atoms with Gasteiger partial charge in [0.2, 0.25) is 0 Å². The van der Waals surface area contributed by atoms with E-state index < -0.39 is 5.97 Å². The van der Waals surface area contributed by atoms with E-state index in [2.05, 4.69) is 17.3 Å². The molecule has 0 saturated heterocycles. The van der Waals surface area contributed by atoms with E-state index in [1.54, 1.807) is 12.1 Å². The molecule has 0 aromatic heterocycles. The second-order valence-corrected chi connectivity index (χ2v) is 5.45. The van der Waals surface area contributed by atoms with Crippen molar-refractivity contribution >= 4 is 17.3 Å². The van der Waals surface area contributed by atoms with Crippen LogP contribution < -0.4 is 11.1 Å². The molecule has 1 aromatic carbocycles. The number of rotatable bonds is 6. The molecule has 0 heterocycles. The third-order valence-corrected chi connectivity index (χ3v) is 4.03. The monoisotopic (exact) mass is 277 g/mol. The number of hydrogen-bond acceptors (Lipinski definition) is 4. The summed E-state index contributed by atoms with van der Waals surface area (Å²) < 4.78 is 0. The Balaban J connectivity index is 1.87. The summed E-state index contributed by atoms with van der Waals surface area (Å²) in [6.07, 6.45) is 5.23. The molecule has 1 fully saturated rings. The highest BCUT2D eigenvalue weighted by molar-refractivity contribution is 5.90. The van der Waals surface area contributed by atoms with Crippen molar-refractivity contribution in [3.05, 3.63) is 23.8 Å². The van der Waals surface area contributed by atoms with Crippen LogP contribution >= 0.6 is 0 Å². The fourth-order valence-corrected chi connectivity index (χ4v) is 2.74. The first-order chi connectivity index (χ1) is 9.58. The number of carbonyl (C=O) groups is 1. The molecule has 5 heteroatoms. The number of nitrogens with zero attached hydrogens (tertiary/aromatic N) is 1. The highest BCUT2D eigenvalue weighted by Crippen LogP contribution is 2.23. The average Bonchev–Trinajstić information content (AvgIpc) is 2.94. The molecular weight excluding hydrogens is 254 g/mol. The van der Waals surface area contributed by atoms with Gasteiger partial charge in [0.15, 0.2) is 0 Å². The first-order valence-electron chi connectivity index (χ1n) is 7.15. The van der Waals surface area contributed by atoms with Crippen LogP contribution in [0.1, 0.15) is 36.0 Å². The molecule has 1 saturated carbocycles. The number of benzene rings is 1. The van der Waals surface area contributed by atoms with Crippen LogP contribution in [0.2, 0.25) is 0 Å². The lowest BCUT2D eigenvalue weighted by Gasteiger charge is -2.24. The van der Waals surface area contributed by atoms with Crippen molar-refractivity contribution in [1.82, 2.24) is 4.90 Å². The van der Waals surface area contributed by atoms with Crippen molar-refractivity contribution in [2.45, 2.75) is 31.7 Å². The number of nitrogen functional groups attached to an aromatic ring is 1. The fraction of sp³-hybridized carbons (Fsp3) is 0.533. The third kappa shape index (κ3) is 3.63. The summed E-state index contributed by atoms with van der Waals surface area (Å²) in [5.74, 6) is -0.934. The van der Waals surface area contributed by atoms with E-state index in [1.165, 1.54) is 31.7 Å². The van der Waals surface area contributed by atoms with E-state index >= 15 is 0 Å². The number of nitrogens with one attached hydrogen (secondary N) is 1. The molecule has 0 aliphatic heterocycles. The molecule has 110 valence electrons. The van der Waals surface area contributed by atoms with Gasteiger partial charge in [-0.25, -0.2) is 4.79 Å². The summed E-state index contributed by atoms with van der Waals surface area (Å²) in [5.41, 5.74) is 7.40. The summed E-state index contributed by atoms with van der Waals surface area (Å²) in [6.45, 7) is 1.70. The lowest BCUT2D eigenvalue weighted by Crippen LogP contribution is -2.33. The molecule has 20 heavy (non-hydrogen) atoms. The molecule has 0 atom stereocenters. The summed E-state index contributed by atoms with van der Waals surface area (Å²) in [4.78, 5) is 13.3. The number of anilines is 2. The van der Waals surface area contributed by atoms with Crippen LogP contribution in [0, 0.1) is 0 Å². The van der Waals surface area contributed by atoms with Gasteiger partial charge in [-0.1, -0.05) is 12.8 Å². The quantitative estimate of drug-likeness (QED) is 0.695. The summed E-state index contributed by atoms with van der Waals surface area (Å²) >= 11 is 0. The molecule has 2 rings (SSSR count). The van der Waals surface area contributed by atoms with Crippen molar-refractivity contribution in [3.63, 3.8) is 0 Å². The SMILES string of the molecule is CN(CCNc1cc(C(=O)O)ccc1N)C1CCCC1. The van der Waals surface area contributed by atoms with E-state index in [0.29, 0.717) is 17.4 Å². The predicted octanol–water partition coefficient (Wildman–Crippen LogP) is 2.25. The predicted molar refractivity (Wildman–Crippen MR) is 81.2 cm³/mol. The Hall–Kier alpha value is -1.75. The van der Waals surface area contributed by atoms with Crippen LogP contribution in [-0.2, 0) is 0 Å². The van der Waals surface area contributed by atoms with Crippen molar-refractivity contribution in [2.75, 3.05) is 31.2 Å². The lowest BCUT2D eigenvalue weighted by molar-refractivity contribution is 0.0697. The van der Waals surface area contributed by atoms with Gasteiger partial charge >= 0.3 is 5.97 Å². The maximum Gasteiger partial charge on any atom is 0.335 e. The Labute approximate surface area is 119 Å². The maximum atomic E-state index is 10.9. The van der Waals surface area contributed by atoms with E-state index in [9.17, 15) is 4.79 Å². The first-order valence-corrected chi connectivity index (χ1v) is 7.15.